The van der Waals surface area contributed by atoms with Gasteiger partial charge in [-0.15, -0.1) is 0 Å². The SMILES string of the molecule is C[C@H](N)c1cccnc1N1CCN2C(=O)CCC2C1. The van der Waals surface area contributed by atoms with E-state index >= 15 is 0 Å². The van der Waals surface area contributed by atoms with Gasteiger partial charge in [-0.05, 0) is 19.4 Å². The van der Waals surface area contributed by atoms with Crippen LogP contribution in [0.1, 0.15) is 31.4 Å². The Morgan fingerprint density at radius 1 is 1.47 bits per heavy atom. The number of carbonyl (C=O) groups excluding carboxylic acids is 1. The van der Waals surface area contributed by atoms with Crippen molar-refractivity contribution in [3.05, 3.63) is 23.9 Å². The number of fused-ring (bicyclic) bond motifs is 1. The van der Waals surface area contributed by atoms with Gasteiger partial charge >= 0.3 is 0 Å². The van der Waals surface area contributed by atoms with Gasteiger partial charge in [-0.25, -0.2) is 4.98 Å². The number of rotatable bonds is 2. The summed E-state index contributed by atoms with van der Waals surface area (Å²) in [6.45, 7) is 4.51. The molecule has 2 aliphatic heterocycles. The van der Waals surface area contributed by atoms with Crippen molar-refractivity contribution < 1.29 is 4.79 Å². The number of anilines is 1. The molecule has 2 atom stereocenters. The van der Waals surface area contributed by atoms with Crippen LogP contribution in [0.15, 0.2) is 18.3 Å². The van der Waals surface area contributed by atoms with Crippen LogP contribution in [0.2, 0.25) is 0 Å². The summed E-state index contributed by atoms with van der Waals surface area (Å²) < 4.78 is 0. The van der Waals surface area contributed by atoms with Crippen molar-refractivity contribution in [2.75, 3.05) is 24.5 Å². The van der Waals surface area contributed by atoms with E-state index in [1.807, 2.05) is 30.2 Å². The Balaban J connectivity index is 1.83. The van der Waals surface area contributed by atoms with Gasteiger partial charge in [0.25, 0.3) is 0 Å². The van der Waals surface area contributed by atoms with Crippen LogP contribution in [0.25, 0.3) is 0 Å². The minimum Gasteiger partial charge on any atom is -0.353 e. The number of carbonyl (C=O) groups is 1. The van der Waals surface area contributed by atoms with Gasteiger partial charge in [0.1, 0.15) is 5.82 Å². The Bertz CT molecular complexity index is 488. The number of piperazine rings is 1. The molecule has 1 aromatic rings. The van der Waals surface area contributed by atoms with E-state index in [1.54, 1.807) is 0 Å². The van der Waals surface area contributed by atoms with Crippen LogP contribution in [-0.2, 0) is 4.79 Å². The third-order valence-corrected chi connectivity index (χ3v) is 4.10. The molecule has 102 valence electrons. The van der Waals surface area contributed by atoms with Crippen LogP contribution < -0.4 is 10.6 Å². The van der Waals surface area contributed by atoms with Crippen LogP contribution in [0.4, 0.5) is 5.82 Å². The third-order valence-electron chi connectivity index (χ3n) is 4.10. The van der Waals surface area contributed by atoms with Gasteiger partial charge in [0, 0.05) is 49.9 Å². The van der Waals surface area contributed by atoms with E-state index in [0.717, 1.165) is 37.4 Å². The van der Waals surface area contributed by atoms with Gasteiger partial charge in [-0.1, -0.05) is 6.07 Å². The highest BCUT2D eigenvalue weighted by Gasteiger charge is 2.36. The summed E-state index contributed by atoms with van der Waals surface area (Å²) in [4.78, 5) is 20.5. The zero-order chi connectivity index (χ0) is 13.4. The molecule has 0 radical (unpaired) electrons. The third kappa shape index (κ3) is 2.18. The molecule has 0 aromatic carbocycles. The minimum absolute atomic E-state index is 0.0214. The maximum Gasteiger partial charge on any atom is 0.223 e. The number of amides is 1. The van der Waals surface area contributed by atoms with E-state index in [4.69, 9.17) is 5.73 Å². The smallest absolute Gasteiger partial charge is 0.223 e. The van der Waals surface area contributed by atoms with Crippen molar-refractivity contribution >= 4 is 11.7 Å². The van der Waals surface area contributed by atoms with E-state index in [1.165, 1.54) is 0 Å². The van der Waals surface area contributed by atoms with Crippen molar-refractivity contribution in [2.45, 2.75) is 31.8 Å². The Kier molecular flexibility index (Phi) is 3.14. The quantitative estimate of drug-likeness (QED) is 0.858. The maximum atomic E-state index is 11.7. The predicted molar refractivity (Wildman–Crippen MR) is 73.8 cm³/mol. The molecule has 0 spiro atoms. The molecule has 0 aliphatic carbocycles. The molecule has 1 aromatic heterocycles. The molecule has 0 saturated carbocycles. The van der Waals surface area contributed by atoms with Crippen LogP contribution in [0, 0.1) is 0 Å². The number of hydrogen-bond acceptors (Lipinski definition) is 4. The predicted octanol–water partition coefficient (Wildman–Crippen LogP) is 0.912. The van der Waals surface area contributed by atoms with Gasteiger partial charge in [0.05, 0.1) is 0 Å². The number of pyridine rings is 1. The lowest BCUT2D eigenvalue weighted by Gasteiger charge is -2.39. The highest BCUT2D eigenvalue weighted by molar-refractivity contribution is 5.79. The lowest BCUT2D eigenvalue weighted by molar-refractivity contribution is -0.129. The van der Waals surface area contributed by atoms with Crippen molar-refractivity contribution in [1.29, 1.82) is 0 Å². The summed E-state index contributed by atoms with van der Waals surface area (Å²) in [5, 5.41) is 0. The molecule has 2 aliphatic rings. The molecule has 3 heterocycles. The highest BCUT2D eigenvalue weighted by atomic mass is 16.2. The van der Waals surface area contributed by atoms with Gasteiger partial charge < -0.3 is 15.5 Å². The Morgan fingerprint density at radius 3 is 3.11 bits per heavy atom. The standard InChI is InChI=1S/C14H20N4O/c1-10(15)12-3-2-6-16-14(12)17-7-8-18-11(9-17)4-5-13(18)19/h2-3,6,10-11H,4-5,7-9,15H2,1H3/t10-,11?/m0/s1. The number of nitrogens with zero attached hydrogens (tertiary/aromatic N) is 3. The van der Waals surface area contributed by atoms with Gasteiger partial charge in [-0.2, -0.15) is 0 Å². The van der Waals surface area contributed by atoms with Crippen LogP contribution in [0.3, 0.4) is 0 Å². The molecule has 1 unspecified atom stereocenters. The number of hydrogen-bond donors (Lipinski definition) is 1. The molecule has 19 heavy (non-hydrogen) atoms. The van der Waals surface area contributed by atoms with E-state index < -0.39 is 0 Å². The first-order valence-electron chi connectivity index (χ1n) is 6.91. The molecule has 1 amide bonds. The normalized spacial score (nSPS) is 24.5. The first-order valence-corrected chi connectivity index (χ1v) is 6.91. The summed E-state index contributed by atoms with van der Waals surface area (Å²) >= 11 is 0. The van der Waals surface area contributed by atoms with Crippen LogP contribution in [0.5, 0.6) is 0 Å². The Labute approximate surface area is 113 Å². The minimum atomic E-state index is -0.0214. The van der Waals surface area contributed by atoms with Gasteiger partial charge in [0.15, 0.2) is 0 Å². The van der Waals surface area contributed by atoms with Gasteiger partial charge in [-0.3, -0.25) is 4.79 Å². The van der Waals surface area contributed by atoms with Crippen LogP contribution in [-0.4, -0.2) is 41.5 Å². The average molecular weight is 260 g/mol. The molecule has 2 saturated heterocycles. The van der Waals surface area contributed by atoms with Crippen LogP contribution >= 0.6 is 0 Å². The largest absolute Gasteiger partial charge is 0.353 e. The van der Waals surface area contributed by atoms with E-state index in [9.17, 15) is 4.79 Å². The molecule has 5 heteroatoms. The second-order valence-corrected chi connectivity index (χ2v) is 5.43. The maximum absolute atomic E-state index is 11.7. The van der Waals surface area contributed by atoms with Gasteiger partial charge in [0.2, 0.25) is 5.91 Å². The summed E-state index contributed by atoms with van der Waals surface area (Å²) in [6, 6.07) is 4.30. The molecule has 2 fully saturated rings. The second-order valence-electron chi connectivity index (χ2n) is 5.43. The number of nitrogens with two attached hydrogens (primary N) is 1. The molecule has 5 nitrogen and oxygen atoms in total. The molecule has 2 N–H and O–H groups in total. The lowest BCUT2D eigenvalue weighted by Crippen LogP contribution is -2.52. The lowest BCUT2D eigenvalue weighted by atomic mass is 10.1. The fraction of sp³-hybridized carbons (Fsp3) is 0.571. The number of aromatic nitrogens is 1. The Morgan fingerprint density at radius 2 is 2.32 bits per heavy atom. The molecular weight excluding hydrogens is 240 g/mol. The summed E-state index contributed by atoms with van der Waals surface area (Å²) in [5.41, 5.74) is 7.10. The van der Waals surface area contributed by atoms with Crippen molar-refractivity contribution in [3.63, 3.8) is 0 Å². The zero-order valence-corrected chi connectivity index (χ0v) is 11.2. The van der Waals surface area contributed by atoms with Crippen molar-refractivity contribution in [3.8, 4) is 0 Å². The fourth-order valence-electron chi connectivity index (χ4n) is 3.09. The first-order chi connectivity index (χ1) is 9.16. The Hall–Kier alpha value is -1.62. The average Bonchev–Trinajstić information content (AvgIpc) is 2.80. The van der Waals surface area contributed by atoms with Crippen molar-refractivity contribution in [2.24, 2.45) is 5.73 Å². The second kappa shape index (κ2) is 4.81. The highest BCUT2D eigenvalue weighted by Crippen LogP contribution is 2.28. The molecule has 0 bridgehead atoms. The van der Waals surface area contributed by atoms with Crippen molar-refractivity contribution in [1.82, 2.24) is 9.88 Å². The summed E-state index contributed by atoms with van der Waals surface area (Å²) in [6.07, 6.45) is 3.48. The summed E-state index contributed by atoms with van der Waals surface area (Å²) in [5.74, 6) is 1.29. The molecular formula is C14H20N4O. The van der Waals surface area contributed by atoms with E-state index in [-0.39, 0.29) is 6.04 Å². The first kappa shape index (κ1) is 12.4. The molecule has 3 rings (SSSR count). The monoisotopic (exact) mass is 260 g/mol. The van der Waals surface area contributed by atoms with E-state index in [2.05, 4.69) is 9.88 Å². The van der Waals surface area contributed by atoms with E-state index in [0.29, 0.717) is 18.4 Å². The topological polar surface area (TPSA) is 62.5 Å². The zero-order valence-electron chi connectivity index (χ0n) is 11.2. The fourth-order valence-corrected chi connectivity index (χ4v) is 3.09. The summed E-state index contributed by atoms with van der Waals surface area (Å²) in [7, 11) is 0.